The Labute approximate surface area is 55.0 Å². The average molecular weight is 145 g/mol. The molecule has 0 saturated heterocycles. The van der Waals surface area contributed by atoms with E-state index in [-0.39, 0.29) is 12.4 Å². The average Bonchev–Trinajstić information content (AvgIpc) is 1.35. The molecule has 0 amide bonds. The van der Waals surface area contributed by atoms with Crippen LogP contribution in [0.5, 0.6) is 0 Å². The molecule has 0 spiro atoms. The van der Waals surface area contributed by atoms with Crippen molar-refractivity contribution in [3.8, 4) is 0 Å². The molecular formula is C3H10Cl2N2. The number of nitrogens with two attached hydrogens (primary N) is 1. The monoisotopic (exact) mass is 144 g/mol. The standard InChI is InChI=1S/C3H9ClN2.ClH/c1-6(5)3-2-4;/h2-3,5H2,1H3;1H. The van der Waals surface area contributed by atoms with E-state index in [1.807, 2.05) is 0 Å². The van der Waals surface area contributed by atoms with Gasteiger partial charge in [0.1, 0.15) is 0 Å². The Kier molecular flexibility index (Phi) is 9.73. The van der Waals surface area contributed by atoms with Crippen molar-refractivity contribution in [1.82, 2.24) is 5.01 Å². The highest BCUT2D eigenvalue weighted by Crippen LogP contribution is 1.72. The predicted molar refractivity (Wildman–Crippen MR) is 34.8 cm³/mol. The number of hydrogen-bond donors (Lipinski definition) is 1. The van der Waals surface area contributed by atoms with Gasteiger partial charge in [-0.1, -0.05) is 0 Å². The van der Waals surface area contributed by atoms with Gasteiger partial charge in [0.05, 0.1) is 0 Å². The minimum atomic E-state index is 0. The first-order chi connectivity index (χ1) is 2.77. The second-order valence-electron chi connectivity index (χ2n) is 1.17. The van der Waals surface area contributed by atoms with E-state index in [1.54, 1.807) is 12.1 Å². The third-order valence-corrected chi connectivity index (χ3v) is 0.606. The smallest absolute Gasteiger partial charge is 0.0365 e. The number of hydrazine groups is 1. The van der Waals surface area contributed by atoms with Gasteiger partial charge in [-0.05, 0) is 0 Å². The SMILES string of the molecule is CN(N)CCCl.Cl. The van der Waals surface area contributed by atoms with Gasteiger partial charge in [0, 0.05) is 19.5 Å². The highest BCUT2D eigenvalue weighted by molar-refractivity contribution is 6.18. The molecule has 0 aromatic carbocycles. The molecule has 0 aromatic heterocycles. The summed E-state index contributed by atoms with van der Waals surface area (Å²) < 4.78 is 0. The van der Waals surface area contributed by atoms with E-state index < -0.39 is 0 Å². The van der Waals surface area contributed by atoms with Gasteiger partial charge >= 0.3 is 0 Å². The molecule has 0 aliphatic carbocycles. The number of halogens is 2. The number of nitrogens with zero attached hydrogens (tertiary/aromatic N) is 1. The minimum Gasteiger partial charge on any atom is -0.269 e. The largest absolute Gasteiger partial charge is 0.269 e. The Morgan fingerprint density at radius 3 is 2.14 bits per heavy atom. The van der Waals surface area contributed by atoms with E-state index in [2.05, 4.69) is 0 Å². The molecule has 0 rings (SSSR count). The Balaban J connectivity index is 0. The lowest BCUT2D eigenvalue weighted by molar-refractivity contribution is 0.372. The van der Waals surface area contributed by atoms with E-state index >= 15 is 0 Å². The maximum absolute atomic E-state index is 5.27. The highest BCUT2D eigenvalue weighted by Gasteiger charge is 1.81. The van der Waals surface area contributed by atoms with E-state index in [1.165, 1.54) is 0 Å². The molecule has 0 unspecified atom stereocenters. The molecule has 0 saturated carbocycles. The molecule has 2 N–H and O–H groups in total. The zero-order chi connectivity index (χ0) is 4.99. The van der Waals surface area contributed by atoms with Crippen molar-refractivity contribution in [1.29, 1.82) is 0 Å². The molecule has 46 valence electrons. The lowest BCUT2D eigenvalue weighted by Gasteiger charge is -2.02. The van der Waals surface area contributed by atoms with Crippen molar-refractivity contribution in [2.75, 3.05) is 19.5 Å². The zero-order valence-electron chi connectivity index (χ0n) is 4.22. The molecule has 2 nitrogen and oxygen atoms in total. The van der Waals surface area contributed by atoms with Crippen LogP contribution in [0.15, 0.2) is 0 Å². The Morgan fingerprint density at radius 2 is 2.14 bits per heavy atom. The minimum absolute atomic E-state index is 0. The number of rotatable bonds is 2. The van der Waals surface area contributed by atoms with Crippen LogP contribution in [0.25, 0.3) is 0 Å². The molecule has 4 heteroatoms. The van der Waals surface area contributed by atoms with Gasteiger partial charge in [0.25, 0.3) is 0 Å². The first kappa shape index (κ1) is 10.5. The molecule has 0 aliphatic rings. The maximum atomic E-state index is 5.27. The van der Waals surface area contributed by atoms with Crippen LogP contribution < -0.4 is 5.84 Å². The van der Waals surface area contributed by atoms with E-state index in [4.69, 9.17) is 17.4 Å². The van der Waals surface area contributed by atoms with E-state index in [0.29, 0.717) is 5.88 Å². The van der Waals surface area contributed by atoms with Crippen molar-refractivity contribution < 1.29 is 0 Å². The Bertz CT molecular complexity index is 32.1. The van der Waals surface area contributed by atoms with Crippen molar-refractivity contribution >= 4 is 24.0 Å². The van der Waals surface area contributed by atoms with Gasteiger partial charge in [-0.15, -0.1) is 24.0 Å². The fourth-order valence-corrected chi connectivity index (χ4v) is 0.400. The summed E-state index contributed by atoms with van der Waals surface area (Å²) in [6.07, 6.45) is 0. The summed E-state index contributed by atoms with van der Waals surface area (Å²) in [6, 6.07) is 0. The summed E-state index contributed by atoms with van der Waals surface area (Å²) in [4.78, 5) is 0. The molecular weight excluding hydrogens is 135 g/mol. The molecule has 0 aliphatic heterocycles. The van der Waals surface area contributed by atoms with Crippen LogP contribution >= 0.6 is 24.0 Å². The summed E-state index contributed by atoms with van der Waals surface area (Å²) in [5.41, 5.74) is 0. The van der Waals surface area contributed by atoms with Gasteiger partial charge in [0.15, 0.2) is 0 Å². The van der Waals surface area contributed by atoms with Crippen LogP contribution in [0, 0.1) is 0 Å². The molecule has 7 heavy (non-hydrogen) atoms. The number of alkyl halides is 1. The summed E-state index contributed by atoms with van der Waals surface area (Å²) in [5.74, 6) is 5.76. The third kappa shape index (κ3) is 10.7. The summed E-state index contributed by atoms with van der Waals surface area (Å²) in [5, 5.41) is 1.55. The van der Waals surface area contributed by atoms with Gasteiger partial charge in [-0.25, -0.2) is 5.01 Å². The molecule has 0 radical (unpaired) electrons. The van der Waals surface area contributed by atoms with Gasteiger partial charge < -0.3 is 0 Å². The predicted octanol–water partition coefficient (Wildman–Crippen LogP) is 0.453. The molecule has 0 bridgehead atoms. The molecule has 0 atom stereocenters. The van der Waals surface area contributed by atoms with Gasteiger partial charge in [0.2, 0.25) is 0 Å². The van der Waals surface area contributed by atoms with Crippen molar-refractivity contribution in [3.63, 3.8) is 0 Å². The fourth-order valence-electron chi connectivity index (χ4n) is 0.133. The molecule has 0 fully saturated rings. The first-order valence-corrected chi connectivity index (χ1v) is 2.32. The van der Waals surface area contributed by atoms with Crippen LogP contribution in [0.2, 0.25) is 0 Å². The third-order valence-electron chi connectivity index (χ3n) is 0.437. The van der Waals surface area contributed by atoms with Crippen LogP contribution in [0.1, 0.15) is 0 Å². The maximum Gasteiger partial charge on any atom is 0.0365 e. The fraction of sp³-hybridized carbons (Fsp3) is 1.00. The van der Waals surface area contributed by atoms with Crippen LogP contribution in [0.3, 0.4) is 0 Å². The lowest BCUT2D eigenvalue weighted by atomic mass is 10.7. The summed E-state index contributed by atoms with van der Waals surface area (Å²) in [6.45, 7) is 0.752. The number of hydrogen-bond acceptors (Lipinski definition) is 2. The first-order valence-electron chi connectivity index (χ1n) is 1.79. The van der Waals surface area contributed by atoms with Crippen molar-refractivity contribution in [3.05, 3.63) is 0 Å². The summed E-state index contributed by atoms with van der Waals surface area (Å²) in [7, 11) is 1.78. The lowest BCUT2D eigenvalue weighted by Crippen LogP contribution is -2.27. The topological polar surface area (TPSA) is 29.3 Å². The second kappa shape index (κ2) is 6.50. The van der Waals surface area contributed by atoms with Crippen molar-refractivity contribution in [2.24, 2.45) is 5.84 Å². The molecule has 0 heterocycles. The zero-order valence-corrected chi connectivity index (χ0v) is 5.80. The molecule has 0 aromatic rings. The second-order valence-corrected chi connectivity index (χ2v) is 1.55. The quantitative estimate of drug-likeness (QED) is 0.347. The van der Waals surface area contributed by atoms with Gasteiger partial charge in [-0.2, -0.15) is 0 Å². The van der Waals surface area contributed by atoms with E-state index in [9.17, 15) is 0 Å². The van der Waals surface area contributed by atoms with Crippen LogP contribution in [-0.2, 0) is 0 Å². The summed E-state index contributed by atoms with van der Waals surface area (Å²) >= 11 is 5.27. The Hall–Kier alpha value is 0.500. The van der Waals surface area contributed by atoms with Crippen LogP contribution in [0.4, 0.5) is 0 Å². The van der Waals surface area contributed by atoms with Gasteiger partial charge in [-0.3, -0.25) is 5.84 Å². The van der Waals surface area contributed by atoms with Crippen molar-refractivity contribution in [2.45, 2.75) is 0 Å². The normalized spacial score (nSPS) is 8.57. The highest BCUT2D eigenvalue weighted by atomic mass is 35.5. The Morgan fingerprint density at radius 1 is 1.71 bits per heavy atom. The van der Waals surface area contributed by atoms with Crippen LogP contribution in [-0.4, -0.2) is 24.5 Å². The van der Waals surface area contributed by atoms with E-state index in [0.717, 1.165) is 6.54 Å².